The molecule has 0 spiro atoms. The summed E-state index contributed by atoms with van der Waals surface area (Å²) in [6.45, 7) is 5.61. The summed E-state index contributed by atoms with van der Waals surface area (Å²) in [6.07, 6.45) is -0.744. The third kappa shape index (κ3) is 4.66. The predicted molar refractivity (Wildman–Crippen MR) is 107 cm³/mol. The van der Waals surface area contributed by atoms with Gasteiger partial charge < -0.3 is 19.5 Å². The van der Waals surface area contributed by atoms with Crippen LogP contribution in [0.1, 0.15) is 18.1 Å². The van der Waals surface area contributed by atoms with Gasteiger partial charge in [0.05, 0.1) is 14.2 Å². The first-order valence-electron chi connectivity index (χ1n) is 9.02. The minimum absolute atomic E-state index is 0.193. The van der Waals surface area contributed by atoms with Gasteiger partial charge in [-0.05, 0) is 72.5 Å². The maximum atomic E-state index is 12.6. The molecule has 0 radical (unpaired) electrons. The molecule has 29 heavy (non-hydrogen) atoms. The van der Waals surface area contributed by atoms with E-state index in [2.05, 4.69) is 15.6 Å². The highest BCUT2D eigenvalue weighted by Gasteiger charge is 2.21. The molecule has 0 aliphatic heterocycles. The van der Waals surface area contributed by atoms with Crippen molar-refractivity contribution in [2.45, 2.75) is 26.9 Å². The van der Waals surface area contributed by atoms with E-state index < -0.39 is 6.10 Å². The molecule has 0 aliphatic rings. The molecule has 1 heterocycles. The molecule has 0 saturated heterocycles. The Bertz CT molecular complexity index is 995. The van der Waals surface area contributed by atoms with Crippen LogP contribution < -0.4 is 19.5 Å². The van der Waals surface area contributed by atoms with Gasteiger partial charge in [0.1, 0.15) is 5.75 Å². The van der Waals surface area contributed by atoms with Crippen LogP contribution >= 0.6 is 0 Å². The molecular formula is C21H23N3O5. The van der Waals surface area contributed by atoms with Crippen LogP contribution in [0.4, 0.5) is 5.82 Å². The lowest BCUT2D eigenvalue weighted by atomic mass is 10.1. The zero-order chi connectivity index (χ0) is 21.0. The highest BCUT2D eigenvalue weighted by molar-refractivity contribution is 5.96. The number of hydrogen-bond donors (Lipinski definition) is 1. The highest BCUT2D eigenvalue weighted by Crippen LogP contribution is 2.33. The van der Waals surface area contributed by atoms with Crippen LogP contribution in [0.2, 0.25) is 0 Å². The Morgan fingerprint density at radius 2 is 1.69 bits per heavy atom. The Balaban J connectivity index is 1.76. The van der Waals surface area contributed by atoms with E-state index in [1.807, 2.05) is 32.0 Å². The lowest BCUT2D eigenvalue weighted by molar-refractivity contribution is -0.122. The summed E-state index contributed by atoms with van der Waals surface area (Å²) >= 11 is 0. The number of amides is 1. The number of benzene rings is 2. The molecule has 1 N–H and O–H groups in total. The second kappa shape index (κ2) is 8.64. The number of hydrogen-bond acceptors (Lipinski definition) is 7. The van der Waals surface area contributed by atoms with Crippen molar-refractivity contribution in [2.24, 2.45) is 0 Å². The predicted octanol–water partition coefficient (Wildman–Crippen LogP) is 3.78. The zero-order valence-electron chi connectivity index (χ0n) is 17.0. The molecule has 0 fully saturated rings. The molecule has 1 aromatic heterocycles. The first-order chi connectivity index (χ1) is 13.9. The summed E-state index contributed by atoms with van der Waals surface area (Å²) in [5, 5.41) is 10.4. The van der Waals surface area contributed by atoms with Crippen molar-refractivity contribution in [3.05, 3.63) is 47.5 Å². The van der Waals surface area contributed by atoms with E-state index in [-0.39, 0.29) is 11.7 Å². The third-order valence-electron chi connectivity index (χ3n) is 4.26. The number of anilines is 1. The molecular weight excluding hydrogens is 374 g/mol. The lowest BCUT2D eigenvalue weighted by Crippen LogP contribution is -2.30. The largest absolute Gasteiger partial charge is 0.493 e. The Morgan fingerprint density at radius 1 is 1.00 bits per heavy atom. The average molecular weight is 397 g/mol. The van der Waals surface area contributed by atoms with Gasteiger partial charge in [-0.3, -0.25) is 4.79 Å². The smallest absolute Gasteiger partial charge is 0.266 e. The van der Waals surface area contributed by atoms with Crippen molar-refractivity contribution in [1.82, 2.24) is 10.3 Å². The number of aryl methyl sites for hydroxylation is 2. The maximum Gasteiger partial charge on any atom is 0.266 e. The van der Waals surface area contributed by atoms with E-state index in [1.54, 1.807) is 32.2 Å². The number of rotatable bonds is 7. The highest BCUT2D eigenvalue weighted by atomic mass is 16.6. The van der Waals surface area contributed by atoms with Gasteiger partial charge in [0.15, 0.2) is 23.3 Å². The number of nitrogens with zero attached hydrogens (tertiary/aromatic N) is 2. The molecule has 0 bridgehead atoms. The summed E-state index contributed by atoms with van der Waals surface area (Å²) in [5.41, 5.74) is 3.15. The summed E-state index contributed by atoms with van der Waals surface area (Å²) in [4.78, 5) is 12.6. The molecule has 3 rings (SSSR count). The number of carbonyl (C=O) groups excluding carboxylic acids is 1. The number of nitrogens with one attached hydrogen (secondary N) is 1. The summed E-state index contributed by atoms with van der Waals surface area (Å²) in [6, 6.07) is 11.0. The van der Waals surface area contributed by atoms with Crippen molar-refractivity contribution in [3.63, 3.8) is 0 Å². The second-order valence-electron chi connectivity index (χ2n) is 6.60. The second-order valence-corrected chi connectivity index (χ2v) is 6.60. The maximum absolute atomic E-state index is 12.6. The van der Waals surface area contributed by atoms with Crippen LogP contribution in [0.15, 0.2) is 41.0 Å². The Kier molecular flexibility index (Phi) is 6.01. The summed E-state index contributed by atoms with van der Waals surface area (Å²) in [7, 11) is 3.09. The van der Waals surface area contributed by atoms with Crippen molar-refractivity contribution in [1.29, 1.82) is 0 Å². The fraction of sp³-hybridized carbons (Fsp3) is 0.286. The molecule has 3 aromatic rings. The van der Waals surface area contributed by atoms with Crippen LogP contribution in [0, 0.1) is 13.8 Å². The zero-order valence-corrected chi connectivity index (χ0v) is 17.0. The van der Waals surface area contributed by atoms with Crippen molar-refractivity contribution < 1.29 is 23.6 Å². The average Bonchev–Trinajstić information content (AvgIpc) is 3.14. The number of aromatic nitrogens is 2. The Hall–Kier alpha value is -3.55. The van der Waals surface area contributed by atoms with Gasteiger partial charge in [0.25, 0.3) is 5.91 Å². The van der Waals surface area contributed by atoms with E-state index in [4.69, 9.17) is 18.8 Å². The fourth-order valence-electron chi connectivity index (χ4n) is 2.92. The number of ether oxygens (including phenoxy) is 3. The summed E-state index contributed by atoms with van der Waals surface area (Å²) in [5.74, 6) is 1.55. The number of carbonyl (C=O) groups is 1. The number of methoxy groups -OCH3 is 2. The standard InChI is InChI=1S/C21H23N3O5/c1-12-8-13(2)10-16(9-12)28-14(3)21(25)22-20-19(23-29-24-20)15-6-7-17(26-4)18(11-15)27-5/h6-11,14H,1-5H3,(H,22,24,25). The molecule has 1 unspecified atom stereocenters. The monoisotopic (exact) mass is 397 g/mol. The molecule has 1 atom stereocenters. The lowest BCUT2D eigenvalue weighted by Gasteiger charge is -2.15. The molecule has 2 aromatic carbocycles. The van der Waals surface area contributed by atoms with E-state index >= 15 is 0 Å². The molecule has 0 aliphatic carbocycles. The minimum Gasteiger partial charge on any atom is -0.493 e. The van der Waals surface area contributed by atoms with E-state index in [9.17, 15) is 4.79 Å². The normalized spacial score (nSPS) is 11.6. The van der Waals surface area contributed by atoms with E-state index in [1.165, 1.54) is 7.11 Å². The van der Waals surface area contributed by atoms with Gasteiger partial charge >= 0.3 is 0 Å². The Morgan fingerprint density at radius 3 is 2.34 bits per heavy atom. The third-order valence-corrected chi connectivity index (χ3v) is 4.26. The van der Waals surface area contributed by atoms with Crippen molar-refractivity contribution in [2.75, 3.05) is 19.5 Å². The molecule has 152 valence electrons. The summed E-state index contributed by atoms with van der Waals surface area (Å²) < 4.78 is 21.2. The van der Waals surface area contributed by atoms with Crippen LogP contribution in [-0.4, -0.2) is 36.5 Å². The molecule has 8 nitrogen and oxygen atoms in total. The van der Waals surface area contributed by atoms with Crippen LogP contribution in [0.5, 0.6) is 17.2 Å². The van der Waals surface area contributed by atoms with Gasteiger partial charge in [-0.15, -0.1) is 0 Å². The Labute approximate surface area is 168 Å². The van der Waals surface area contributed by atoms with E-state index in [0.717, 1.165) is 11.1 Å². The van der Waals surface area contributed by atoms with Crippen LogP contribution in [-0.2, 0) is 4.79 Å². The SMILES string of the molecule is COc1ccc(-c2nonc2NC(=O)C(C)Oc2cc(C)cc(C)c2)cc1OC. The van der Waals surface area contributed by atoms with Crippen molar-refractivity contribution in [3.8, 4) is 28.5 Å². The van der Waals surface area contributed by atoms with Gasteiger partial charge in [0, 0.05) is 5.56 Å². The minimum atomic E-state index is -0.744. The van der Waals surface area contributed by atoms with Gasteiger partial charge in [0.2, 0.25) is 5.82 Å². The molecule has 0 saturated carbocycles. The topological polar surface area (TPSA) is 95.7 Å². The first kappa shape index (κ1) is 20.2. The van der Waals surface area contributed by atoms with Crippen LogP contribution in [0.3, 0.4) is 0 Å². The van der Waals surface area contributed by atoms with Crippen molar-refractivity contribution >= 4 is 11.7 Å². The molecule has 8 heteroatoms. The first-order valence-corrected chi connectivity index (χ1v) is 9.02. The fourth-order valence-corrected chi connectivity index (χ4v) is 2.92. The molecule has 1 amide bonds. The van der Waals surface area contributed by atoms with Crippen LogP contribution in [0.25, 0.3) is 11.3 Å². The van der Waals surface area contributed by atoms with E-state index in [0.29, 0.717) is 28.5 Å². The van der Waals surface area contributed by atoms with Gasteiger partial charge in [-0.25, -0.2) is 4.63 Å². The quantitative estimate of drug-likeness (QED) is 0.648. The van der Waals surface area contributed by atoms with Gasteiger partial charge in [-0.1, -0.05) is 6.07 Å². The van der Waals surface area contributed by atoms with Gasteiger partial charge in [-0.2, -0.15) is 0 Å².